The first-order chi connectivity index (χ1) is 8.94. The summed E-state index contributed by atoms with van der Waals surface area (Å²) in [5.74, 6) is -0.582. The lowest BCUT2D eigenvalue weighted by Crippen LogP contribution is -2.51. The summed E-state index contributed by atoms with van der Waals surface area (Å²) < 4.78 is 13.3. The van der Waals surface area contributed by atoms with E-state index in [1.807, 2.05) is 0 Å². The van der Waals surface area contributed by atoms with E-state index in [1.54, 1.807) is 37.3 Å². The maximum Gasteiger partial charge on any atom is 0.213 e. The van der Waals surface area contributed by atoms with Crippen LogP contribution in [-0.2, 0) is 5.54 Å². The Labute approximate surface area is 116 Å². The van der Waals surface area contributed by atoms with Crippen LogP contribution in [0.3, 0.4) is 0 Å². The van der Waals surface area contributed by atoms with Gasteiger partial charge in [-0.25, -0.2) is 4.98 Å². The average Bonchev–Trinajstić information content (AvgIpc) is 2.38. The van der Waals surface area contributed by atoms with Crippen molar-refractivity contribution in [1.82, 2.24) is 4.98 Å². The molecule has 1 aromatic heterocycles. The molecule has 0 amide bonds. The Kier molecular flexibility index (Phi) is 3.85. The minimum Gasteiger partial charge on any atom is -0.326 e. The van der Waals surface area contributed by atoms with E-state index < -0.39 is 17.5 Å². The van der Waals surface area contributed by atoms with Crippen LogP contribution < -0.4 is 11.5 Å². The third-order valence-electron chi connectivity index (χ3n) is 3.24. The maximum absolute atomic E-state index is 13.3. The number of rotatable bonds is 3. The van der Waals surface area contributed by atoms with Crippen molar-refractivity contribution in [2.75, 3.05) is 0 Å². The Morgan fingerprint density at radius 2 is 1.84 bits per heavy atom. The standard InChI is InChI=1S/C14H15ClFN3/c1-9(17)14(18,10-2-4-12(15)5-3-10)11-6-7-19-13(16)8-11/h2-9H,17-18H2,1H3. The van der Waals surface area contributed by atoms with Gasteiger partial charge in [0.1, 0.15) is 0 Å². The Hall–Kier alpha value is -1.49. The molecule has 3 nitrogen and oxygen atoms in total. The van der Waals surface area contributed by atoms with Crippen molar-refractivity contribution in [2.24, 2.45) is 11.5 Å². The fourth-order valence-electron chi connectivity index (χ4n) is 2.08. The molecule has 0 spiro atoms. The minimum atomic E-state index is -0.992. The smallest absolute Gasteiger partial charge is 0.213 e. The predicted octanol–water partition coefficient (Wildman–Crippen LogP) is 2.42. The summed E-state index contributed by atoms with van der Waals surface area (Å²) in [6.07, 6.45) is 1.38. The Balaban J connectivity index is 2.58. The summed E-state index contributed by atoms with van der Waals surface area (Å²) in [6.45, 7) is 1.78. The lowest BCUT2D eigenvalue weighted by molar-refractivity contribution is 0.441. The van der Waals surface area contributed by atoms with Crippen molar-refractivity contribution in [3.05, 3.63) is 64.7 Å². The first-order valence-electron chi connectivity index (χ1n) is 5.87. The largest absolute Gasteiger partial charge is 0.326 e. The number of nitrogens with two attached hydrogens (primary N) is 2. The number of halogens is 2. The predicted molar refractivity (Wildman–Crippen MR) is 74.3 cm³/mol. The van der Waals surface area contributed by atoms with E-state index in [1.165, 1.54) is 12.3 Å². The van der Waals surface area contributed by atoms with Gasteiger partial charge < -0.3 is 11.5 Å². The second kappa shape index (κ2) is 5.25. The van der Waals surface area contributed by atoms with Crippen molar-refractivity contribution in [2.45, 2.75) is 18.5 Å². The molecule has 2 aromatic rings. The lowest BCUT2D eigenvalue weighted by atomic mass is 9.79. The van der Waals surface area contributed by atoms with Crippen molar-refractivity contribution in [1.29, 1.82) is 0 Å². The Morgan fingerprint density at radius 1 is 1.21 bits per heavy atom. The van der Waals surface area contributed by atoms with Crippen LogP contribution in [0.1, 0.15) is 18.1 Å². The second-order valence-electron chi connectivity index (χ2n) is 4.53. The highest BCUT2D eigenvalue weighted by Gasteiger charge is 2.34. The summed E-state index contributed by atoms with van der Waals surface area (Å²) >= 11 is 5.87. The summed E-state index contributed by atoms with van der Waals surface area (Å²) in [5.41, 5.74) is 12.8. The summed E-state index contributed by atoms with van der Waals surface area (Å²) in [5, 5.41) is 0.608. The zero-order valence-corrected chi connectivity index (χ0v) is 11.2. The van der Waals surface area contributed by atoms with Crippen LogP contribution in [0.25, 0.3) is 0 Å². The summed E-state index contributed by atoms with van der Waals surface area (Å²) in [7, 11) is 0. The molecule has 2 rings (SSSR count). The van der Waals surface area contributed by atoms with Gasteiger partial charge in [-0.2, -0.15) is 4.39 Å². The van der Waals surface area contributed by atoms with Crippen molar-refractivity contribution >= 4 is 11.6 Å². The molecule has 0 aliphatic heterocycles. The third kappa shape index (κ3) is 2.61. The van der Waals surface area contributed by atoms with Gasteiger partial charge in [-0.1, -0.05) is 23.7 Å². The van der Waals surface area contributed by atoms with E-state index in [2.05, 4.69) is 4.98 Å². The molecule has 1 aromatic carbocycles. The molecule has 0 aliphatic carbocycles. The molecule has 1 heterocycles. The zero-order valence-electron chi connectivity index (χ0n) is 10.5. The molecular weight excluding hydrogens is 265 g/mol. The third-order valence-corrected chi connectivity index (χ3v) is 3.50. The molecule has 19 heavy (non-hydrogen) atoms. The number of benzene rings is 1. The highest BCUT2D eigenvalue weighted by atomic mass is 35.5. The molecule has 0 radical (unpaired) electrons. The van der Waals surface area contributed by atoms with Gasteiger partial charge in [-0.05, 0) is 42.3 Å². The number of hydrogen-bond donors (Lipinski definition) is 2. The van der Waals surface area contributed by atoms with Crippen molar-refractivity contribution < 1.29 is 4.39 Å². The van der Waals surface area contributed by atoms with Gasteiger partial charge in [-0.3, -0.25) is 0 Å². The maximum atomic E-state index is 13.3. The normalized spacial score (nSPS) is 15.8. The first-order valence-corrected chi connectivity index (χ1v) is 6.25. The molecule has 0 aliphatic rings. The molecule has 2 atom stereocenters. The van der Waals surface area contributed by atoms with Crippen LogP contribution in [-0.4, -0.2) is 11.0 Å². The van der Waals surface area contributed by atoms with E-state index in [-0.39, 0.29) is 0 Å². The van der Waals surface area contributed by atoms with Crippen LogP contribution >= 0.6 is 11.6 Å². The average molecular weight is 280 g/mol. The van der Waals surface area contributed by atoms with E-state index in [0.717, 1.165) is 5.56 Å². The van der Waals surface area contributed by atoms with Gasteiger partial charge >= 0.3 is 0 Å². The van der Waals surface area contributed by atoms with E-state index in [9.17, 15) is 4.39 Å². The van der Waals surface area contributed by atoms with Crippen LogP contribution in [0.4, 0.5) is 4.39 Å². The highest BCUT2D eigenvalue weighted by Crippen LogP contribution is 2.30. The van der Waals surface area contributed by atoms with Crippen LogP contribution in [0.5, 0.6) is 0 Å². The molecule has 2 unspecified atom stereocenters. The topological polar surface area (TPSA) is 64.9 Å². The van der Waals surface area contributed by atoms with Gasteiger partial charge in [0, 0.05) is 17.3 Å². The van der Waals surface area contributed by atoms with E-state index in [4.69, 9.17) is 23.1 Å². The van der Waals surface area contributed by atoms with Gasteiger partial charge in [-0.15, -0.1) is 0 Å². The number of pyridine rings is 1. The quantitative estimate of drug-likeness (QED) is 0.848. The van der Waals surface area contributed by atoms with Crippen molar-refractivity contribution in [3.8, 4) is 0 Å². The minimum absolute atomic E-state index is 0.407. The molecule has 0 fully saturated rings. The molecular formula is C14H15ClFN3. The number of nitrogens with zero attached hydrogens (tertiary/aromatic N) is 1. The molecule has 0 saturated carbocycles. The van der Waals surface area contributed by atoms with Gasteiger partial charge in [0.05, 0.1) is 5.54 Å². The van der Waals surface area contributed by atoms with E-state index in [0.29, 0.717) is 10.6 Å². The van der Waals surface area contributed by atoms with Gasteiger partial charge in [0.15, 0.2) is 0 Å². The van der Waals surface area contributed by atoms with Crippen LogP contribution in [0, 0.1) is 5.95 Å². The lowest BCUT2D eigenvalue weighted by Gasteiger charge is -2.34. The number of hydrogen-bond acceptors (Lipinski definition) is 3. The fraction of sp³-hybridized carbons (Fsp3) is 0.214. The molecule has 100 valence electrons. The summed E-state index contributed by atoms with van der Waals surface area (Å²) in [4.78, 5) is 3.54. The van der Waals surface area contributed by atoms with Gasteiger partial charge in [0.25, 0.3) is 0 Å². The van der Waals surface area contributed by atoms with Crippen LogP contribution in [0.15, 0.2) is 42.6 Å². The number of aromatic nitrogens is 1. The SMILES string of the molecule is CC(N)C(N)(c1ccc(Cl)cc1)c1ccnc(F)c1. The Morgan fingerprint density at radius 3 is 2.37 bits per heavy atom. The molecule has 5 heteroatoms. The zero-order chi connectivity index (χ0) is 14.0. The van der Waals surface area contributed by atoms with E-state index >= 15 is 0 Å². The fourth-order valence-corrected chi connectivity index (χ4v) is 2.20. The van der Waals surface area contributed by atoms with Crippen LogP contribution in [0.2, 0.25) is 5.02 Å². The van der Waals surface area contributed by atoms with Gasteiger partial charge in [0.2, 0.25) is 5.95 Å². The highest BCUT2D eigenvalue weighted by molar-refractivity contribution is 6.30. The molecule has 0 saturated heterocycles. The van der Waals surface area contributed by atoms with Crippen molar-refractivity contribution in [3.63, 3.8) is 0 Å². The molecule has 4 N–H and O–H groups in total. The first kappa shape index (κ1) is 13.9. The molecule has 0 bridgehead atoms. The Bertz CT molecular complexity index is 571. The second-order valence-corrected chi connectivity index (χ2v) is 4.97. The monoisotopic (exact) mass is 279 g/mol. The summed E-state index contributed by atoms with van der Waals surface area (Å²) in [6, 6.07) is 9.62.